The largest absolute Gasteiger partial charge is 1.00 e. The van der Waals surface area contributed by atoms with E-state index in [1.807, 2.05) is 72.8 Å². The molecule has 1 unspecified atom stereocenters. The predicted molar refractivity (Wildman–Crippen MR) is 196 cm³/mol. The quantitative estimate of drug-likeness (QED) is 0.112. The number of para-hydroxylation sites is 1. The number of ether oxygens (including phenoxy) is 2. The Morgan fingerprint density at radius 3 is 1.68 bits per heavy atom. The first kappa shape index (κ1) is 35.3. The van der Waals surface area contributed by atoms with Gasteiger partial charge in [0.05, 0.1) is 19.5 Å². The number of anilines is 3. The van der Waals surface area contributed by atoms with Gasteiger partial charge >= 0.3 is 29.6 Å². The molecule has 0 fully saturated rings. The zero-order chi connectivity index (χ0) is 34.0. The van der Waals surface area contributed by atoms with Gasteiger partial charge in [-0.3, -0.25) is 0 Å². The van der Waals surface area contributed by atoms with Crippen molar-refractivity contribution in [2.45, 2.75) is 18.2 Å². The van der Waals surface area contributed by atoms with E-state index in [4.69, 9.17) is 9.47 Å². The van der Waals surface area contributed by atoms with Gasteiger partial charge in [0.1, 0.15) is 21.6 Å². The Morgan fingerprint density at radius 1 is 0.620 bits per heavy atom. The van der Waals surface area contributed by atoms with E-state index in [1.165, 1.54) is 0 Å². The van der Waals surface area contributed by atoms with Gasteiger partial charge in [0.15, 0.2) is 0 Å². The van der Waals surface area contributed by atoms with E-state index in [1.54, 1.807) is 38.5 Å². The van der Waals surface area contributed by atoms with Crippen LogP contribution in [0.5, 0.6) is 11.5 Å². The van der Waals surface area contributed by atoms with E-state index in [0.29, 0.717) is 12.1 Å². The molecule has 7 rings (SSSR count). The van der Waals surface area contributed by atoms with Crippen LogP contribution in [0.3, 0.4) is 0 Å². The summed E-state index contributed by atoms with van der Waals surface area (Å²) in [6.07, 6.45) is 0.162. The van der Waals surface area contributed by atoms with Gasteiger partial charge in [0.2, 0.25) is 0 Å². The molecule has 0 saturated heterocycles. The van der Waals surface area contributed by atoms with Crippen LogP contribution in [0.2, 0.25) is 0 Å². The molecule has 7 nitrogen and oxygen atoms in total. The number of methoxy groups -OCH3 is 2. The molecule has 50 heavy (non-hydrogen) atoms. The van der Waals surface area contributed by atoms with Gasteiger partial charge in [-0.15, -0.1) is 0 Å². The third-order valence-electron chi connectivity index (χ3n) is 9.03. The summed E-state index contributed by atoms with van der Waals surface area (Å²) in [5.74, 6) is 1.57. The molecule has 0 saturated carbocycles. The van der Waals surface area contributed by atoms with E-state index < -0.39 is 15.4 Å². The number of nitrogens with zero attached hydrogens (tertiary/aromatic N) is 2. The molecular formula is C41H35N2NaO5S. The van der Waals surface area contributed by atoms with Crippen LogP contribution < -0.4 is 43.9 Å². The molecule has 0 amide bonds. The molecule has 0 N–H and O–H groups in total. The van der Waals surface area contributed by atoms with Crippen molar-refractivity contribution in [1.82, 2.24) is 4.57 Å². The number of hydrogen-bond acceptors (Lipinski definition) is 6. The number of rotatable bonds is 11. The Kier molecular flexibility index (Phi) is 10.7. The molecule has 6 aromatic carbocycles. The molecule has 9 heteroatoms. The first-order valence-electron chi connectivity index (χ1n) is 16.0. The van der Waals surface area contributed by atoms with Crippen molar-refractivity contribution in [2.75, 3.05) is 19.1 Å². The van der Waals surface area contributed by atoms with Gasteiger partial charge in [0, 0.05) is 45.4 Å². The number of benzene rings is 6. The van der Waals surface area contributed by atoms with Gasteiger partial charge < -0.3 is 23.5 Å². The van der Waals surface area contributed by atoms with Crippen molar-refractivity contribution >= 4 is 49.0 Å². The average molecular weight is 691 g/mol. The van der Waals surface area contributed by atoms with Crippen LogP contribution in [0, 0.1) is 0 Å². The zero-order valence-corrected chi connectivity index (χ0v) is 31.0. The Labute approximate surface area is 314 Å². The molecule has 0 aliphatic heterocycles. The van der Waals surface area contributed by atoms with E-state index in [9.17, 15) is 13.0 Å². The van der Waals surface area contributed by atoms with Crippen molar-refractivity contribution in [3.8, 4) is 22.6 Å². The van der Waals surface area contributed by atoms with Crippen molar-refractivity contribution < 1.29 is 52.0 Å². The van der Waals surface area contributed by atoms with Crippen LogP contribution in [0.1, 0.15) is 17.2 Å². The number of aromatic nitrogens is 1. The standard InChI is InChI=1S/C41H36N2O5S.Na/c1-47-35-21-17-33(18-22-35)43(34-19-23-36(48-2)24-20-34)32-15-12-29(13-16-32)31-14-25-38-37-10-6-7-11-39(37)42(40(38)28-31)27-26-41(49(44,45)46)30-8-4-3-5-9-30;/h3-25,28,41H,26-27H2,1-2H3,(H,44,45,46);/q;+1/p-1. The van der Waals surface area contributed by atoms with Gasteiger partial charge in [-0.2, -0.15) is 0 Å². The molecule has 7 aromatic rings. The summed E-state index contributed by atoms with van der Waals surface area (Å²) < 4.78 is 50.1. The molecule has 0 bridgehead atoms. The summed E-state index contributed by atoms with van der Waals surface area (Å²) in [6.45, 7) is 0.367. The van der Waals surface area contributed by atoms with E-state index in [0.717, 1.165) is 61.5 Å². The summed E-state index contributed by atoms with van der Waals surface area (Å²) in [4.78, 5) is 2.18. The maximum Gasteiger partial charge on any atom is 1.00 e. The second kappa shape index (κ2) is 15.1. The molecule has 1 heterocycles. The van der Waals surface area contributed by atoms with Crippen molar-refractivity contribution in [3.05, 3.63) is 151 Å². The fourth-order valence-electron chi connectivity index (χ4n) is 6.57. The second-order valence-electron chi connectivity index (χ2n) is 11.9. The fraction of sp³-hybridized carbons (Fsp3) is 0.122. The molecule has 0 aliphatic carbocycles. The molecule has 1 atom stereocenters. The van der Waals surface area contributed by atoms with E-state index in [2.05, 4.69) is 58.0 Å². The SMILES string of the molecule is COc1ccc(N(c2ccc(OC)cc2)c2ccc(-c3ccc4c5ccccc5n(CCC(c5ccccc5)S(=O)(=O)[O-])c4c3)cc2)cc1.[Na+]. The van der Waals surface area contributed by atoms with Gasteiger partial charge in [-0.25, -0.2) is 8.42 Å². The fourth-order valence-corrected chi connectivity index (χ4v) is 7.46. The summed E-state index contributed by atoms with van der Waals surface area (Å²) >= 11 is 0. The van der Waals surface area contributed by atoms with Gasteiger partial charge in [-0.05, 0) is 95.9 Å². The topological polar surface area (TPSA) is 83.8 Å². The van der Waals surface area contributed by atoms with Crippen LogP contribution in [0.25, 0.3) is 32.9 Å². The van der Waals surface area contributed by atoms with Gasteiger partial charge in [-0.1, -0.05) is 72.8 Å². The normalized spacial score (nSPS) is 12.0. The summed E-state index contributed by atoms with van der Waals surface area (Å²) in [6, 6.07) is 47.6. The minimum Gasteiger partial charge on any atom is -0.747 e. The Morgan fingerprint density at radius 2 is 1.12 bits per heavy atom. The molecule has 0 radical (unpaired) electrons. The maximum atomic E-state index is 12.4. The summed E-state index contributed by atoms with van der Waals surface area (Å²) in [5.41, 5.74) is 7.51. The Balaban J connectivity index is 0.00000432. The van der Waals surface area contributed by atoms with Crippen molar-refractivity contribution in [1.29, 1.82) is 0 Å². The first-order valence-corrected chi connectivity index (χ1v) is 17.5. The number of hydrogen-bond donors (Lipinski definition) is 0. The number of aryl methyl sites for hydroxylation is 1. The van der Waals surface area contributed by atoms with E-state index >= 15 is 0 Å². The van der Waals surface area contributed by atoms with Crippen LogP contribution in [-0.2, 0) is 16.7 Å². The molecule has 0 spiro atoms. The van der Waals surface area contributed by atoms with Crippen LogP contribution in [0.4, 0.5) is 17.1 Å². The second-order valence-corrected chi connectivity index (χ2v) is 13.4. The Hall–Kier alpha value is -4.57. The predicted octanol–water partition coefficient (Wildman–Crippen LogP) is 6.63. The average Bonchev–Trinajstić information content (AvgIpc) is 3.45. The third kappa shape index (κ3) is 7.17. The summed E-state index contributed by atoms with van der Waals surface area (Å²) in [5, 5.41) is 1.01. The molecular weight excluding hydrogens is 656 g/mol. The maximum absolute atomic E-state index is 12.4. The minimum absolute atomic E-state index is 0. The molecule has 1 aromatic heterocycles. The van der Waals surface area contributed by atoms with Gasteiger partial charge in [0.25, 0.3) is 0 Å². The van der Waals surface area contributed by atoms with Crippen LogP contribution in [0.15, 0.2) is 146 Å². The monoisotopic (exact) mass is 690 g/mol. The third-order valence-corrected chi connectivity index (χ3v) is 10.2. The van der Waals surface area contributed by atoms with E-state index in [-0.39, 0.29) is 36.0 Å². The zero-order valence-electron chi connectivity index (χ0n) is 28.2. The smallest absolute Gasteiger partial charge is 0.747 e. The molecule has 246 valence electrons. The molecule has 0 aliphatic rings. The van der Waals surface area contributed by atoms with Crippen LogP contribution >= 0.6 is 0 Å². The van der Waals surface area contributed by atoms with Crippen LogP contribution in [-0.4, -0.2) is 31.8 Å². The van der Waals surface area contributed by atoms with Crippen molar-refractivity contribution in [2.24, 2.45) is 0 Å². The number of fused-ring (bicyclic) bond motifs is 3. The Bertz CT molecular complexity index is 2280. The van der Waals surface area contributed by atoms with Crippen molar-refractivity contribution in [3.63, 3.8) is 0 Å². The minimum atomic E-state index is -4.57. The summed E-state index contributed by atoms with van der Waals surface area (Å²) in [7, 11) is -1.25. The first-order chi connectivity index (χ1) is 23.8.